The molecule has 3 atom stereocenters. The Bertz CT molecular complexity index is 2000. The number of hydrogen-bond donors (Lipinski definition) is 1. The quantitative estimate of drug-likeness (QED) is 0.255. The van der Waals surface area contributed by atoms with Gasteiger partial charge in [-0.3, -0.25) is 9.59 Å². The van der Waals surface area contributed by atoms with Crippen LogP contribution in [0.5, 0.6) is 0 Å². The number of piperidine rings is 1. The number of aryl methyl sites for hydroxylation is 1. The first-order chi connectivity index (χ1) is 22.4. The zero-order chi connectivity index (χ0) is 31.1. The van der Waals surface area contributed by atoms with Crippen LogP contribution in [0.15, 0.2) is 72.8 Å². The van der Waals surface area contributed by atoms with Crippen LogP contribution in [0.2, 0.25) is 0 Å². The summed E-state index contributed by atoms with van der Waals surface area (Å²) in [4.78, 5) is 36.3. The zero-order valence-electron chi connectivity index (χ0n) is 26.3. The molecule has 2 aliphatic carbocycles. The maximum absolute atomic E-state index is 13.9. The number of carbonyl (C=O) groups excluding carboxylic acids is 2. The highest BCUT2D eigenvalue weighted by Crippen LogP contribution is 2.40. The lowest BCUT2D eigenvalue weighted by Crippen LogP contribution is -2.51. The lowest BCUT2D eigenvalue weighted by molar-refractivity contribution is 0.0471. The molecule has 0 spiro atoms. The van der Waals surface area contributed by atoms with Gasteiger partial charge in [0, 0.05) is 72.8 Å². The number of rotatable bonds is 7. The SMILES string of the molecule is Cc1cc(C(=O)N2CC3CCC2C3N)cc2nc(-c3cc4ccccc4n3CC3CC3)n(CC3CN(C(=O)c4ccccc4)C3)c12. The van der Waals surface area contributed by atoms with E-state index in [2.05, 4.69) is 52.5 Å². The Labute approximate surface area is 268 Å². The number of benzene rings is 3. The van der Waals surface area contributed by atoms with Crippen LogP contribution in [0.25, 0.3) is 33.5 Å². The minimum absolute atomic E-state index is 0.0701. The van der Waals surface area contributed by atoms with E-state index in [9.17, 15) is 9.59 Å². The Morgan fingerprint density at radius 2 is 1.57 bits per heavy atom. The minimum Gasteiger partial charge on any atom is -0.338 e. The van der Waals surface area contributed by atoms with Crippen molar-refractivity contribution in [2.45, 2.75) is 57.8 Å². The van der Waals surface area contributed by atoms with Crippen molar-refractivity contribution in [3.8, 4) is 11.5 Å². The number of nitrogens with two attached hydrogens (primary N) is 1. The van der Waals surface area contributed by atoms with E-state index in [0.29, 0.717) is 36.4 Å². The van der Waals surface area contributed by atoms with E-state index in [0.717, 1.165) is 66.2 Å². The summed E-state index contributed by atoms with van der Waals surface area (Å²) in [5, 5.41) is 1.22. The number of amides is 2. The number of hydrogen-bond acceptors (Lipinski definition) is 4. The third kappa shape index (κ3) is 4.48. The summed E-state index contributed by atoms with van der Waals surface area (Å²) in [6.07, 6.45) is 4.64. The maximum atomic E-state index is 13.9. The second-order valence-corrected chi connectivity index (χ2v) is 14.2. The fraction of sp³-hybridized carbons (Fsp3) is 0.395. The summed E-state index contributed by atoms with van der Waals surface area (Å²) in [6, 6.07) is 24.7. The largest absolute Gasteiger partial charge is 0.338 e. The molecule has 8 nitrogen and oxygen atoms in total. The predicted octanol–water partition coefficient (Wildman–Crippen LogP) is 5.71. The Hall–Kier alpha value is -4.43. The summed E-state index contributed by atoms with van der Waals surface area (Å²) in [6.45, 7) is 6.03. The van der Waals surface area contributed by atoms with Gasteiger partial charge in [0.1, 0.15) is 0 Å². The van der Waals surface area contributed by atoms with Gasteiger partial charge < -0.3 is 24.7 Å². The fourth-order valence-electron chi connectivity index (χ4n) is 8.45. The molecule has 3 aromatic carbocycles. The Morgan fingerprint density at radius 1 is 0.804 bits per heavy atom. The smallest absolute Gasteiger partial charge is 0.254 e. The third-order valence-corrected chi connectivity index (χ3v) is 11.1. The van der Waals surface area contributed by atoms with Crippen LogP contribution in [-0.4, -0.2) is 67.5 Å². The Kier molecular flexibility index (Phi) is 6.39. The van der Waals surface area contributed by atoms with Gasteiger partial charge in [-0.15, -0.1) is 0 Å². The molecule has 4 aliphatic rings. The van der Waals surface area contributed by atoms with Crippen molar-refractivity contribution in [2.75, 3.05) is 19.6 Å². The van der Waals surface area contributed by atoms with Crippen molar-refractivity contribution in [3.63, 3.8) is 0 Å². The zero-order valence-corrected chi connectivity index (χ0v) is 26.3. The number of likely N-dealkylation sites (tertiary alicyclic amines) is 2. The van der Waals surface area contributed by atoms with Gasteiger partial charge in [-0.2, -0.15) is 0 Å². The summed E-state index contributed by atoms with van der Waals surface area (Å²) in [5.41, 5.74) is 13.2. The van der Waals surface area contributed by atoms with Gasteiger partial charge in [0.2, 0.25) is 0 Å². The number of fused-ring (bicyclic) bond motifs is 4. The number of para-hydroxylation sites is 1. The molecular weight excluding hydrogens is 572 g/mol. The number of nitrogens with zero attached hydrogens (tertiary/aromatic N) is 5. The average molecular weight is 613 g/mol. The topological polar surface area (TPSA) is 89.4 Å². The van der Waals surface area contributed by atoms with E-state index in [1.165, 1.54) is 23.7 Å². The Morgan fingerprint density at radius 3 is 2.30 bits per heavy atom. The van der Waals surface area contributed by atoms with Gasteiger partial charge in [-0.05, 0) is 86.4 Å². The van der Waals surface area contributed by atoms with Crippen LogP contribution in [0.4, 0.5) is 0 Å². The summed E-state index contributed by atoms with van der Waals surface area (Å²) < 4.78 is 4.83. The standard InChI is InChI=1S/C38H40N6O2/c1-23-15-29(38(46)43-22-28-13-14-32(43)34(28)39)16-30-35(23)44(21-25-18-41(19-25)37(45)26-7-3-2-4-8-26)36(40-30)33-17-27-9-5-6-10-31(27)42(33)20-24-11-12-24/h2-10,15-17,24-25,28,32,34H,11-14,18-22,39H2,1H3. The fourth-order valence-corrected chi connectivity index (χ4v) is 8.45. The molecule has 234 valence electrons. The second kappa shape index (κ2) is 10.6. The predicted molar refractivity (Wildman–Crippen MR) is 179 cm³/mol. The first kappa shape index (κ1) is 27.8. The van der Waals surface area contributed by atoms with Crippen molar-refractivity contribution in [2.24, 2.45) is 23.5 Å². The molecule has 46 heavy (non-hydrogen) atoms. The Balaban J connectivity index is 1.11. The first-order valence-electron chi connectivity index (χ1n) is 16.9. The molecule has 2 saturated heterocycles. The van der Waals surface area contributed by atoms with Crippen LogP contribution in [0.1, 0.15) is 52.0 Å². The lowest BCUT2D eigenvalue weighted by atomic mass is 9.98. The van der Waals surface area contributed by atoms with E-state index in [4.69, 9.17) is 10.7 Å². The molecule has 2 N–H and O–H groups in total. The van der Waals surface area contributed by atoms with Crippen LogP contribution >= 0.6 is 0 Å². The van der Waals surface area contributed by atoms with E-state index in [1.54, 1.807) is 0 Å². The average Bonchev–Trinajstić information content (AvgIpc) is 3.40. The van der Waals surface area contributed by atoms with E-state index >= 15 is 0 Å². The molecule has 2 saturated carbocycles. The van der Waals surface area contributed by atoms with E-state index in [-0.39, 0.29) is 23.9 Å². The third-order valence-electron chi connectivity index (χ3n) is 11.1. The molecular formula is C38H40N6O2. The van der Waals surface area contributed by atoms with Gasteiger partial charge in [0.15, 0.2) is 5.82 Å². The molecule has 2 amide bonds. The van der Waals surface area contributed by atoms with Gasteiger partial charge in [-0.25, -0.2) is 4.98 Å². The van der Waals surface area contributed by atoms with Gasteiger partial charge in [0.25, 0.3) is 11.8 Å². The normalized spacial score (nSPS) is 22.7. The molecule has 8 heteroatoms. The van der Waals surface area contributed by atoms with Crippen LogP contribution in [-0.2, 0) is 13.1 Å². The number of imidazole rings is 1. The van der Waals surface area contributed by atoms with Crippen molar-refractivity contribution >= 4 is 33.8 Å². The van der Waals surface area contributed by atoms with E-state index < -0.39 is 0 Å². The highest BCUT2D eigenvalue weighted by atomic mass is 16.2. The molecule has 2 bridgehead atoms. The van der Waals surface area contributed by atoms with Gasteiger partial charge >= 0.3 is 0 Å². The van der Waals surface area contributed by atoms with Crippen LogP contribution in [0.3, 0.4) is 0 Å². The van der Waals surface area contributed by atoms with Crippen LogP contribution < -0.4 is 5.73 Å². The highest BCUT2D eigenvalue weighted by Gasteiger charge is 2.47. The molecule has 2 aliphatic heterocycles. The number of aromatic nitrogens is 3. The highest BCUT2D eigenvalue weighted by molar-refractivity contribution is 6.00. The molecule has 4 fully saturated rings. The van der Waals surface area contributed by atoms with Crippen LogP contribution in [0, 0.1) is 24.7 Å². The van der Waals surface area contributed by atoms with Crippen molar-refractivity contribution in [1.29, 1.82) is 0 Å². The molecule has 5 aromatic rings. The molecule has 4 heterocycles. The lowest BCUT2D eigenvalue weighted by Gasteiger charge is -2.40. The summed E-state index contributed by atoms with van der Waals surface area (Å²) in [7, 11) is 0. The van der Waals surface area contributed by atoms with Gasteiger partial charge in [0.05, 0.1) is 16.7 Å². The maximum Gasteiger partial charge on any atom is 0.254 e. The summed E-state index contributed by atoms with van der Waals surface area (Å²) in [5.74, 6) is 2.52. The monoisotopic (exact) mass is 612 g/mol. The second-order valence-electron chi connectivity index (χ2n) is 14.2. The first-order valence-corrected chi connectivity index (χ1v) is 16.9. The van der Waals surface area contributed by atoms with E-state index in [1.807, 2.05) is 46.2 Å². The van der Waals surface area contributed by atoms with Crippen molar-refractivity contribution in [3.05, 3.63) is 89.5 Å². The summed E-state index contributed by atoms with van der Waals surface area (Å²) >= 11 is 0. The van der Waals surface area contributed by atoms with Gasteiger partial charge in [-0.1, -0.05) is 36.4 Å². The molecule has 3 unspecified atom stereocenters. The molecule has 2 aromatic heterocycles. The van der Waals surface area contributed by atoms with Crippen molar-refractivity contribution < 1.29 is 9.59 Å². The van der Waals surface area contributed by atoms with Crippen molar-refractivity contribution in [1.82, 2.24) is 23.9 Å². The molecule has 9 rings (SSSR count). The minimum atomic E-state index is 0.0701. The number of carbonyl (C=O) groups is 2. The molecule has 0 radical (unpaired) electrons.